The fraction of sp³-hybridized carbons (Fsp3) is 0.647. The van der Waals surface area contributed by atoms with Gasteiger partial charge in [-0.25, -0.2) is 8.78 Å². The molecule has 1 unspecified atom stereocenters. The minimum absolute atomic E-state index is 0.0804. The first-order chi connectivity index (χ1) is 9.65. The standard InChI is InChI=1S/C17H25F2N/c1-12-10-11-14(16(19)15(12)18)17(20-2)13-8-6-4-3-5-7-9-13/h10-11,13,17,20H,3-9H2,1-2H3. The fourth-order valence-electron chi connectivity index (χ4n) is 3.37. The molecule has 1 aliphatic rings. The average Bonchev–Trinajstić information content (AvgIpc) is 2.41. The van der Waals surface area contributed by atoms with Crippen LogP contribution in [-0.4, -0.2) is 7.05 Å². The predicted molar refractivity (Wildman–Crippen MR) is 78.7 cm³/mol. The second-order valence-corrected chi connectivity index (χ2v) is 5.97. The molecule has 1 saturated carbocycles. The van der Waals surface area contributed by atoms with Gasteiger partial charge in [-0.05, 0) is 38.3 Å². The lowest BCUT2D eigenvalue weighted by atomic mass is 9.82. The molecule has 0 aliphatic heterocycles. The van der Waals surface area contributed by atoms with Gasteiger partial charge in [0.15, 0.2) is 11.6 Å². The number of aryl methyl sites for hydroxylation is 1. The number of hydrogen-bond acceptors (Lipinski definition) is 1. The highest BCUT2D eigenvalue weighted by Gasteiger charge is 2.26. The van der Waals surface area contributed by atoms with Crippen molar-refractivity contribution >= 4 is 0 Å². The molecule has 1 aliphatic carbocycles. The second-order valence-electron chi connectivity index (χ2n) is 5.97. The summed E-state index contributed by atoms with van der Waals surface area (Å²) < 4.78 is 28.0. The molecule has 3 heteroatoms. The highest BCUT2D eigenvalue weighted by molar-refractivity contribution is 5.28. The molecule has 0 heterocycles. The van der Waals surface area contributed by atoms with Gasteiger partial charge >= 0.3 is 0 Å². The maximum Gasteiger partial charge on any atom is 0.163 e. The molecule has 0 spiro atoms. The Bertz CT molecular complexity index is 437. The van der Waals surface area contributed by atoms with Crippen LogP contribution in [0.25, 0.3) is 0 Å². The van der Waals surface area contributed by atoms with Crippen molar-refractivity contribution in [3.05, 3.63) is 34.9 Å². The molecule has 1 N–H and O–H groups in total. The van der Waals surface area contributed by atoms with Crippen molar-refractivity contribution in [3.8, 4) is 0 Å². The molecule has 1 fully saturated rings. The van der Waals surface area contributed by atoms with Gasteiger partial charge in [-0.1, -0.05) is 44.2 Å². The van der Waals surface area contributed by atoms with Crippen molar-refractivity contribution in [1.82, 2.24) is 5.32 Å². The third-order valence-corrected chi connectivity index (χ3v) is 4.57. The quantitative estimate of drug-likeness (QED) is 0.831. The van der Waals surface area contributed by atoms with Crippen LogP contribution in [0.3, 0.4) is 0 Å². The molecular formula is C17H25F2N. The molecule has 1 nitrogen and oxygen atoms in total. The first-order valence-corrected chi connectivity index (χ1v) is 7.77. The Morgan fingerprint density at radius 2 is 1.60 bits per heavy atom. The van der Waals surface area contributed by atoms with Crippen molar-refractivity contribution in [2.45, 2.75) is 57.9 Å². The summed E-state index contributed by atoms with van der Waals surface area (Å²) in [6.45, 7) is 1.60. The van der Waals surface area contributed by atoms with Crippen LogP contribution < -0.4 is 5.32 Å². The summed E-state index contributed by atoms with van der Waals surface area (Å²) in [5.74, 6) is -0.975. The number of hydrogen-bond donors (Lipinski definition) is 1. The van der Waals surface area contributed by atoms with Gasteiger partial charge in [-0.3, -0.25) is 0 Å². The van der Waals surface area contributed by atoms with Crippen LogP contribution in [0, 0.1) is 24.5 Å². The van der Waals surface area contributed by atoms with E-state index in [0.717, 1.165) is 12.8 Å². The van der Waals surface area contributed by atoms with E-state index in [1.165, 1.54) is 32.1 Å². The average molecular weight is 281 g/mol. The van der Waals surface area contributed by atoms with Gasteiger partial charge in [0.25, 0.3) is 0 Å². The van der Waals surface area contributed by atoms with Crippen LogP contribution in [0.4, 0.5) is 8.78 Å². The third-order valence-electron chi connectivity index (χ3n) is 4.57. The molecular weight excluding hydrogens is 256 g/mol. The summed E-state index contributed by atoms with van der Waals surface area (Å²) in [6.07, 6.45) is 8.41. The van der Waals surface area contributed by atoms with Crippen LogP contribution in [0.1, 0.15) is 62.1 Å². The summed E-state index contributed by atoms with van der Waals surface area (Å²) in [7, 11) is 1.85. The van der Waals surface area contributed by atoms with E-state index in [1.54, 1.807) is 19.1 Å². The largest absolute Gasteiger partial charge is 0.313 e. The molecule has 112 valence electrons. The van der Waals surface area contributed by atoms with E-state index in [4.69, 9.17) is 0 Å². The molecule has 0 saturated heterocycles. The Hall–Kier alpha value is -0.960. The number of benzene rings is 1. The lowest BCUT2D eigenvalue weighted by molar-refractivity contribution is 0.292. The summed E-state index contributed by atoms with van der Waals surface area (Å²) >= 11 is 0. The van der Waals surface area contributed by atoms with Crippen molar-refractivity contribution in [3.63, 3.8) is 0 Å². The lowest BCUT2D eigenvalue weighted by Gasteiger charge is -2.29. The van der Waals surface area contributed by atoms with Gasteiger partial charge in [0.2, 0.25) is 0 Å². The van der Waals surface area contributed by atoms with E-state index in [0.29, 0.717) is 17.0 Å². The molecule has 0 bridgehead atoms. The van der Waals surface area contributed by atoms with Gasteiger partial charge in [0, 0.05) is 11.6 Å². The van der Waals surface area contributed by atoms with Crippen LogP contribution in [-0.2, 0) is 0 Å². The summed E-state index contributed by atoms with van der Waals surface area (Å²) in [5.41, 5.74) is 0.861. The number of rotatable bonds is 3. The Kier molecular flexibility index (Phi) is 5.53. The zero-order valence-corrected chi connectivity index (χ0v) is 12.5. The Morgan fingerprint density at radius 1 is 1.00 bits per heavy atom. The summed E-state index contributed by atoms with van der Waals surface area (Å²) in [6, 6.07) is 3.34. The van der Waals surface area contributed by atoms with E-state index in [-0.39, 0.29) is 6.04 Å². The minimum Gasteiger partial charge on any atom is -0.313 e. The molecule has 2 rings (SSSR count). The van der Waals surface area contributed by atoms with E-state index in [9.17, 15) is 8.78 Å². The van der Waals surface area contributed by atoms with Gasteiger partial charge in [0.05, 0.1) is 0 Å². The van der Waals surface area contributed by atoms with Crippen LogP contribution in [0.5, 0.6) is 0 Å². The topological polar surface area (TPSA) is 12.0 Å². The Labute approximate surface area is 120 Å². The van der Waals surface area contributed by atoms with Gasteiger partial charge in [-0.2, -0.15) is 0 Å². The molecule has 0 aromatic heterocycles. The van der Waals surface area contributed by atoms with Crippen molar-refractivity contribution in [2.24, 2.45) is 5.92 Å². The molecule has 1 aromatic carbocycles. The SMILES string of the molecule is CNC(c1ccc(C)c(F)c1F)C1CCCCCCC1. The summed E-state index contributed by atoms with van der Waals surface area (Å²) in [5, 5.41) is 3.22. The molecule has 20 heavy (non-hydrogen) atoms. The van der Waals surface area contributed by atoms with Crippen LogP contribution in [0.2, 0.25) is 0 Å². The van der Waals surface area contributed by atoms with E-state index in [1.807, 2.05) is 7.05 Å². The fourth-order valence-corrected chi connectivity index (χ4v) is 3.37. The highest BCUT2D eigenvalue weighted by atomic mass is 19.2. The minimum atomic E-state index is -0.700. The van der Waals surface area contributed by atoms with Gasteiger partial charge in [0.1, 0.15) is 0 Å². The van der Waals surface area contributed by atoms with E-state index in [2.05, 4.69) is 5.32 Å². The van der Waals surface area contributed by atoms with Crippen molar-refractivity contribution < 1.29 is 8.78 Å². The first-order valence-electron chi connectivity index (χ1n) is 7.77. The first kappa shape index (κ1) is 15.4. The molecule has 1 atom stereocenters. The Morgan fingerprint density at radius 3 is 2.20 bits per heavy atom. The summed E-state index contributed by atoms with van der Waals surface area (Å²) in [4.78, 5) is 0. The van der Waals surface area contributed by atoms with Gasteiger partial charge < -0.3 is 5.32 Å². The Balaban J connectivity index is 2.24. The smallest absolute Gasteiger partial charge is 0.163 e. The van der Waals surface area contributed by atoms with E-state index < -0.39 is 11.6 Å². The molecule has 0 radical (unpaired) electrons. The van der Waals surface area contributed by atoms with Crippen molar-refractivity contribution in [1.29, 1.82) is 0 Å². The maximum absolute atomic E-state index is 14.2. The lowest BCUT2D eigenvalue weighted by Crippen LogP contribution is -2.27. The third kappa shape index (κ3) is 3.38. The molecule has 1 aromatic rings. The zero-order chi connectivity index (χ0) is 14.5. The maximum atomic E-state index is 14.2. The molecule has 0 amide bonds. The number of halogens is 2. The zero-order valence-electron chi connectivity index (χ0n) is 12.5. The van der Waals surface area contributed by atoms with Crippen LogP contribution >= 0.6 is 0 Å². The predicted octanol–water partition coefficient (Wildman–Crippen LogP) is 4.89. The normalized spacial score (nSPS) is 19.4. The van der Waals surface area contributed by atoms with Crippen LogP contribution in [0.15, 0.2) is 12.1 Å². The van der Waals surface area contributed by atoms with E-state index >= 15 is 0 Å². The second kappa shape index (κ2) is 7.16. The number of nitrogens with one attached hydrogen (secondary N) is 1. The highest BCUT2D eigenvalue weighted by Crippen LogP contribution is 2.34. The van der Waals surface area contributed by atoms with Gasteiger partial charge in [-0.15, -0.1) is 0 Å². The monoisotopic (exact) mass is 281 g/mol. The van der Waals surface area contributed by atoms with Crippen molar-refractivity contribution in [2.75, 3.05) is 7.05 Å².